The van der Waals surface area contributed by atoms with Gasteiger partial charge in [0.2, 0.25) is 0 Å². The third-order valence-electron chi connectivity index (χ3n) is 4.97. The Morgan fingerprint density at radius 3 is 2.76 bits per heavy atom. The quantitative estimate of drug-likeness (QED) is 0.551. The second-order valence-electron chi connectivity index (χ2n) is 5.92. The van der Waals surface area contributed by atoms with E-state index in [1.807, 2.05) is 13.8 Å². The lowest BCUT2D eigenvalue weighted by molar-refractivity contribution is -0.145. The van der Waals surface area contributed by atoms with Crippen LogP contribution in [0.5, 0.6) is 0 Å². The zero-order valence-electron chi connectivity index (χ0n) is 10.4. The maximum absolute atomic E-state index is 11.6. The normalized spacial score (nSPS) is 53.8. The van der Waals surface area contributed by atoms with E-state index in [-0.39, 0.29) is 35.9 Å². The van der Waals surface area contributed by atoms with Gasteiger partial charge in [0.05, 0.1) is 18.1 Å². The number of carbonyl (C=O) groups excluding carboxylic acids is 1. The third-order valence-corrected chi connectivity index (χ3v) is 4.97. The first kappa shape index (κ1) is 11.5. The predicted octanol–water partition coefficient (Wildman–Crippen LogP) is 1.11. The van der Waals surface area contributed by atoms with Crippen molar-refractivity contribution in [2.24, 2.45) is 17.8 Å². The lowest BCUT2D eigenvalue weighted by Crippen LogP contribution is -2.42. The van der Waals surface area contributed by atoms with Crippen LogP contribution >= 0.6 is 0 Å². The molecule has 0 spiro atoms. The van der Waals surface area contributed by atoms with Crippen LogP contribution in [0.25, 0.3) is 0 Å². The van der Waals surface area contributed by atoms with Gasteiger partial charge in [0.25, 0.3) is 0 Å². The molecule has 0 aromatic rings. The number of hydrogen-bond donors (Lipinski definition) is 1. The molecule has 3 rings (SSSR count). The number of epoxide rings is 1. The molecule has 96 valence electrons. The molecule has 0 radical (unpaired) electrons. The number of esters is 1. The van der Waals surface area contributed by atoms with E-state index in [1.165, 1.54) is 0 Å². The Hall–Kier alpha value is -0.610. The number of ether oxygens (including phenoxy) is 2. The van der Waals surface area contributed by atoms with Crippen LogP contribution in [0.3, 0.4) is 0 Å². The van der Waals surface area contributed by atoms with Crippen molar-refractivity contribution in [2.75, 3.05) is 6.61 Å². The van der Waals surface area contributed by atoms with Crippen LogP contribution < -0.4 is 0 Å². The van der Waals surface area contributed by atoms with Crippen molar-refractivity contribution in [1.29, 1.82) is 0 Å². The monoisotopic (exact) mass is 240 g/mol. The molecule has 2 aliphatic heterocycles. The summed E-state index contributed by atoms with van der Waals surface area (Å²) >= 11 is 0. The Bertz CT molecular complexity index is 338. The molecule has 1 saturated carbocycles. The van der Waals surface area contributed by atoms with Crippen molar-refractivity contribution in [3.63, 3.8) is 0 Å². The second-order valence-corrected chi connectivity index (χ2v) is 5.92. The summed E-state index contributed by atoms with van der Waals surface area (Å²) < 4.78 is 10.7. The van der Waals surface area contributed by atoms with Crippen molar-refractivity contribution >= 4 is 5.97 Å². The van der Waals surface area contributed by atoms with Crippen molar-refractivity contribution in [2.45, 2.75) is 50.9 Å². The van der Waals surface area contributed by atoms with Crippen LogP contribution in [0.1, 0.15) is 33.1 Å². The van der Waals surface area contributed by atoms with Gasteiger partial charge < -0.3 is 14.6 Å². The van der Waals surface area contributed by atoms with Gasteiger partial charge in [-0.25, -0.2) is 0 Å². The minimum Gasteiger partial charge on any atom is -0.462 e. The molecule has 1 N–H and O–H groups in total. The highest BCUT2D eigenvalue weighted by molar-refractivity contribution is 5.74. The molecule has 3 fully saturated rings. The molecule has 0 aromatic heterocycles. The summed E-state index contributed by atoms with van der Waals surface area (Å²) in [7, 11) is 0. The zero-order valence-corrected chi connectivity index (χ0v) is 10.4. The van der Waals surface area contributed by atoms with Gasteiger partial charge in [-0.2, -0.15) is 0 Å². The Kier molecular flexibility index (Phi) is 2.49. The van der Waals surface area contributed by atoms with Crippen LogP contribution in [0, 0.1) is 17.8 Å². The maximum atomic E-state index is 11.6. The molecular weight excluding hydrogens is 220 g/mol. The van der Waals surface area contributed by atoms with Gasteiger partial charge in [0.15, 0.2) is 0 Å². The molecule has 2 heterocycles. The molecule has 0 bridgehead atoms. The van der Waals surface area contributed by atoms with Crippen molar-refractivity contribution < 1.29 is 19.4 Å². The zero-order chi connectivity index (χ0) is 12.2. The van der Waals surface area contributed by atoms with E-state index in [9.17, 15) is 9.90 Å². The summed E-state index contributed by atoms with van der Waals surface area (Å²) in [6.07, 6.45) is 2.35. The standard InChI is InChI=1S/C13H20O4/c1-7-5-10-9(8(2)12(14)17-10)3-4-13(7,15)11-6-16-11/h7-11,15H,3-6H2,1-2H3/t7-,8+,9+,10+,11?,13+/m0/s1. The lowest BCUT2D eigenvalue weighted by Gasteiger charge is -2.31. The van der Waals surface area contributed by atoms with E-state index in [0.717, 1.165) is 19.3 Å². The molecule has 4 heteroatoms. The highest BCUT2D eigenvalue weighted by atomic mass is 16.6. The maximum Gasteiger partial charge on any atom is 0.309 e. The summed E-state index contributed by atoms with van der Waals surface area (Å²) in [5.74, 6) is 0.316. The summed E-state index contributed by atoms with van der Waals surface area (Å²) in [4.78, 5) is 11.6. The fourth-order valence-electron chi connectivity index (χ4n) is 3.51. The van der Waals surface area contributed by atoms with Crippen LogP contribution in [0.15, 0.2) is 0 Å². The summed E-state index contributed by atoms with van der Waals surface area (Å²) in [6, 6.07) is 0. The van der Waals surface area contributed by atoms with Gasteiger partial charge in [-0.3, -0.25) is 4.79 Å². The number of hydrogen-bond acceptors (Lipinski definition) is 4. The predicted molar refractivity (Wildman–Crippen MR) is 60.2 cm³/mol. The van der Waals surface area contributed by atoms with Gasteiger partial charge in [-0.05, 0) is 25.2 Å². The van der Waals surface area contributed by atoms with Crippen molar-refractivity contribution in [3.8, 4) is 0 Å². The Morgan fingerprint density at radius 1 is 1.41 bits per heavy atom. The molecule has 0 aromatic carbocycles. The largest absolute Gasteiger partial charge is 0.462 e. The molecule has 4 nitrogen and oxygen atoms in total. The molecule has 6 atom stereocenters. The SMILES string of the molecule is C[C@H]1C(=O)O[C@@H]2C[C@H](C)[C@@](O)(C3CO3)CC[C@@H]21. The van der Waals surface area contributed by atoms with Gasteiger partial charge in [-0.1, -0.05) is 13.8 Å². The first-order valence-electron chi connectivity index (χ1n) is 6.57. The minimum atomic E-state index is -0.712. The first-order valence-corrected chi connectivity index (χ1v) is 6.57. The lowest BCUT2D eigenvalue weighted by atomic mass is 9.82. The van der Waals surface area contributed by atoms with E-state index in [2.05, 4.69) is 0 Å². The average molecular weight is 240 g/mol. The Labute approximate surface area is 101 Å². The smallest absolute Gasteiger partial charge is 0.309 e. The topological polar surface area (TPSA) is 59.1 Å². The number of fused-ring (bicyclic) bond motifs is 1. The van der Waals surface area contributed by atoms with Gasteiger partial charge >= 0.3 is 5.97 Å². The summed E-state index contributed by atoms with van der Waals surface area (Å²) in [5.41, 5.74) is -0.712. The van der Waals surface area contributed by atoms with E-state index < -0.39 is 5.60 Å². The summed E-state index contributed by atoms with van der Waals surface area (Å²) in [6.45, 7) is 4.65. The Morgan fingerprint density at radius 2 is 2.12 bits per heavy atom. The second kappa shape index (κ2) is 3.69. The van der Waals surface area contributed by atoms with Crippen LogP contribution in [-0.4, -0.2) is 35.5 Å². The number of aliphatic hydroxyl groups is 1. The van der Waals surface area contributed by atoms with Crippen molar-refractivity contribution in [1.82, 2.24) is 0 Å². The third kappa shape index (κ3) is 1.69. The fourth-order valence-corrected chi connectivity index (χ4v) is 3.51. The molecule has 1 aliphatic carbocycles. The molecule has 2 saturated heterocycles. The van der Waals surface area contributed by atoms with Gasteiger partial charge in [0.1, 0.15) is 12.2 Å². The highest BCUT2D eigenvalue weighted by Gasteiger charge is 2.54. The summed E-state index contributed by atoms with van der Waals surface area (Å²) in [5, 5.41) is 10.7. The molecular formula is C13H20O4. The Balaban J connectivity index is 1.80. The van der Waals surface area contributed by atoms with E-state index in [0.29, 0.717) is 6.61 Å². The van der Waals surface area contributed by atoms with Crippen LogP contribution in [0.2, 0.25) is 0 Å². The number of carbonyl (C=O) groups is 1. The molecule has 0 amide bonds. The highest BCUT2D eigenvalue weighted by Crippen LogP contribution is 2.46. The van der Waals surface area contributed by atoms with Crippen molar-refractivity contribution in [3.05, 3.63) is 0 Å². The van der Waals surface area contributed by atoms with E-state index in [1.54, 1.807) is 0 Å². The molecule has 1 unspecified atom stereocenters. The van der Waals surface area contributed by atoms with Crippen LogP contribution in [-0.2, 0) is 14.3 Å². The minimum absolute atomic E-state index is 0.000255. The van der Waals surface area contributed by atoms with E-state index in [4.69, 9.17) is 9.47 Å². The molecule has 17 heavy (non-hydrogen) atoms. The fraction of sp³-hybridized carbons (Fsp3) is 0.923. The average Bonchev–Trinajstić information content (AvgIpc) is 3.07. The van der Waals surface area contributed by atoms with Gasteiger partial charge in [0, 0.05) is 5.92 Å². The van der Waals surface area contributed by atoms with E-state index >= 15 is 0 Å². The van der Waals surface area contributed by atoms with Crippen LogP contribution in [0.4, 0.5) is 0 Å². The number of rotatable bonds is 1. The van der Waals surface area contributed by atoms with Gasteiger partial charge in [-0.15, -0.1) is 0 Å². The molecule has 3 aliphatic rings. The first-order chi connectivity index (χ1) is 8.02.